The minimum atomic E-state index is -0.0226. The molecule has 0 aliphatic heterocycles. The molecule has 1 amide bonds. The molecule has 0 saturated heterocycles. The van der Waals surface area contributed by atoms with Crippen molar-refractivity contribution in [1.82, 2.24) is 5.32 Å². The van der Waals surface area contributed by atoms with Gasteiger partial charge in [0.05, 0.1) is 14.2 Å². The van der Waals surface area contributed by atoms with Crippen LogP contribution in [-0.4, -0.2) is 26.7 Å². The molecule has 4 aliphatic rings. The van der Waals surface area contributed by atoms with Gasteiger partial charge in [0, 0.05) is 18.2 Å². The molecule has 0 spiro atoms. The molecular weight excluding hydrogens is 326 g/mol. The summed E-state index contributed by atoms with van der Waals surface area (Å²) < 4.78 is 10.6. The third-order valence-electron chi connectivity index (χ3n) is 6.65. The lowest BCUT2D eigenvalue weighted by Gasteiger charge is -2.56. The minimum absolute atomic E-state index is 0.0226. The monoisotopic (exact) mass is 355 g/mol. The Hall–Kier alpha value is -1.97. The van der Waals surface area contributed by atoms with Crippen molar-refractivity contribution in [3.05, 3.63) is 29.8 Å². The molecule has 0 heterocycles. The van der Waals surface area contributed by atoms with E-state index in [1.807, 2.05) is 18.2 Å². The molecular formula is C22H29NO3. The number of hydrogen-bond acceptors (Lipinski definition) is 3. The molecule has 0 atom stereocenters. The average Bonchev–Trinajstić information content (AvgIpc) is 2.63. The van der Waals surface area contributed by atoms with E-state index >= 15 is 0 Å². The summed E-state index contributed by atoms with van der Waals surface area (Å²) in [4.78, 5) is 12.4. The first-order valence-electron chi connectivity index (χ1n) is 9.77. The van der Waals surface area contributed by atoms with E-state index in [1.165, 1.54) is 38.5 Å². The number of ether oxygens (including phenoxy) is 2. The summed E-state index contributed by atoms with van der Waals surface area (Å²) in [5.74, 6) is 4.19. The van der Waals surface area contributed by atoms with Gasteiger partial charge in [-0.2, -0.15) is 0 Å². The maximum absolute atomic E-state index is 12.4. The molecule has 4 fully saturated rings. The summed E-state index contributed by atoms with van der Waals surface area (Å²) in [7, 11) is 3.26. The fraction of sp³-hybridized carbons (Fsp3) is 0.591. The molecule has 0 aromatic heterocycles. The minimum Gasteiger partial charge on any atom is -0.497 e. The highest BCUT2D eigenvalue weighted by Crippen LogP contribution is 2.59. The zero-order chi connectivity index (χ0) is 18.1. The first-order valence-corrected chi connectivity index (χ1v) is 9.77. The summed E-state index contributed by atoms with van der Waals surface area (Å²) in [6.07, 6.45) is 11.6. The number of rotatable bonds is 6. The predicted octanol–water partition coefficient (Wildman–Crippen LogP) is 4.05. The Labute approximate surface area is 156 Å². The molecule has 1 aromatic carbocycles. The van der Waals surface area contributed by atoms with Crippen LogP contribution in [0.4, 0.5) is 0 Å². The number of amides is 1. The quantitative estimate of drug-likeness (QED) is 0.783. The number of methoxy groups -OCH3 is 2. The van der Waals surface area contributed by atoms with E-state index in [2.05, 4.69) is 5.32 Å². The van der Waals surface area contributed by atoms with Crippen molar-refractivity contribution in [2.75, 3.05) is 20.8 Å². The fourth-order valence-corrected chi connectivity index (χ4v) is 5.98. The van der Waals surface area contributed by atoms with E-state index in [-0.39, 0.29) is 5.91 Å². The Morgan fingerprint density at radius 3 is 2.35 bits per heavy atom. The van der Waals surface area contributed by atoms with E-state index in [9.17, 15) is 4.79 Å². The summed E-state index contributed by atoms with van der Waals surface area (Å²) in [5, 5.41) is 3.18. The molecule has 0 radical (unpaired) electrons. The maximum Gasteiger partial charge on any atom is 0.244 e. The van der Waals surface area contributed by atoms with Crippen LogP contribution in [0.3, 0.4) is 0 Å². The Balaban J connectivity index is 1.38. The molecule has 4 heteroatoms. The molecule has 4 bridgehead atoms. The van der Waals surface area contributed by atoms with Gasteiger partial charge in [-0.25, -0.2) is 0 Å². The van der Waals surface area contributed by atoms with Gasteiger partial charge in [-0.05, 0) is 86.0 Å². The smallest absolute Gasteiger partial charge is 0.244 e. The molecule has 4 aliphatic carbocycles. The van der Waals surface area contributed by atoms with Crippen LogP contribution in [0.1, 0.15) is 44.1 Å². The Morgan fingerprint density at radius 1 is 1.12 bits per heavy atom. The predicted molar refractivity (Wildman–Crippen MR) is 102 cm³/mol. The lowest BCUT2D eigenvalue weighted by molar-refractivity contribution is -0.118. The van der Waals surface area contributed by atoms with Gasteiger partial charge in [0.1, 0.15) is 11.5 Å². The number of benzene rings is 1. The van der Waals surface area contributed by atoms with Crippen LogP contribution in [0.5, 0.6) is 11.5 Å². The van der Waals surface area contributed by atoms with Crippen LogP contribution in [0.2, 0.25) is 0 Å². The van der Waals surface area contributed by atoms with Crippen LogP contribution in [0.25, 0.3) is 6.08 Å². The van der Waals surface area contributed by atoms with Crippen LogP contribution in [0.15, 0.2) is 24.3 Å². The Bertz CT molecular complexity index is 674. The normalized spacial score (nSPS) is 32.0. The van der Waals surface area contributed by atoms with E-state index in [4.69, 9.17) is 9.47 Å². The van der Waals surface area contributed by atoms with Crippen molar-refractivity contribution in [2.45, 2.75) is 38.5 Å². The molecule has 1 N–H and O–H groups in total. The Kier molecular flexibility index (Phi) is 4.68. The van der Waals surface area contributed by atoms with Crippen LogP contribution >= 0.6 is 0 Å². The highest BCUT2D eigenvalue weighted by atomic mass is 16.5. The van der Waals surface area contributed by atoms with Crippen molar-refractivity contribution >= 4 is 12.0 Å². The van der Waals surface area contributed by atoms with Crippen molar-refractivity contribution in [2.24, 2.45) is 23.2 Å². The number of hydrogen-bond donors (Lipinski definition) is 1. The van der Waals surface area contributed by atoms with Crippen molar-refractivity contribution in [1.29, 1.82) is 0 Å². The third kappa shape index (κ3) is 3.46. The molecule has 4 nitrogen and oxygen atoms in total. The third-order valence-corrected chi connectivity index (χ3v) is 6.65. The summed E-state index contributed by atoms with van der Waals surface area (Å²) in [6.45, 7) is 0.828. The van der Waals surface area contributed by atoms with Crippen molar-refractivity contribution in [3.63, 3.8) is 0 Å². The van der Waals surface area contributed by atoms with E-state index in [0.717, 1.165) is 41.4 Å². The summed E-state index contributed by atoms with van der Waals surface area (Å²) >= 11 is 0. The SMILES string of the molecule is COc1ccc(OC)c(/C=C/C(=O)NCC23CC4CC(CC(C4)C2)C3)c1. The lowest BCUT2D eigenvalue weighted by atomic mass is 9.49. The number of nitrogens with one attached hydrogen (secondary N) is 1. The van der Waals surface area contributed by atoms with Crippen LogP contribution < -0.4 is 14.8 Å². The van der Waals surface area contributed by atoms with Gasteiger partial charge in [-0.15, -0.1) is 0 Å². The molecule has 26 heavy (non-hydrogen) atoms. The number of carbonyl (C=O) groups is 1. The van der Waals surface area contributed by atoms with Gasteiger partial charge in [-0.3, -0.25) is 4.79 Å². The van der Waals surface area contributed by atoms with Gasteiger partial charge in [0.2, 0.25) is 5.91 Å². The standard InChI is InChI=1S/C22H29NO3/c1-25-19-4-5-20(26-2)18(10-19)3-6-21(24)23-14-22-11-15-7-16(12-22)9-17(8-15)13-22/h3-6,10,15-17H,7-9,11-14H2,1-2H3,(H,23,24)/b6-3+. The highest BCUT2D eigenvalue weighted by molar-refractivity contribution is 5.92. The molecule has 0 unspecified atom stereocenters. The van der Waals surface area contributed by atoms with Gasteiger partial charge < -0.3 is 14.8 Å². The second kappa shape index (κ2) is 6.98. The molecule has 1 aromatic rings. The van der Waals surface area contributed by atoms with Gasteiger partial charge >= 0.3 is 0 Å². The molecule has 5 rings (SSSR count). The van der Waals surface area contributed by atoms with E-state index in [0.29, 0.717) is 5.41 Å². The number of carbonyl (C=O) groups excluding carboxylic acids is 1. The zero-order valence-electron chi connectivity index (χ0n) is 15.8. The first-order chi connectivity index (χ1) is 12.6. The Morgan fingerprint density at radius 2 is 1.77 bits per heavy atom. The lowest BCUT2D eigenvalue weighted by Crippen LogP contribution is -2.51. The first kappa shape index (κ1) is 17.4. The second-order valence-corrected chi connectivity index (χ2v) is 8.58. The van der Waals surface area contributed by atoms with Gasteiger partial charge in [0.15, 0.2) is 0 Å². The van der Waals surface area contributed by atoms with Gasteiger partial charge in [0.25, 0.3) is 0 Å². The fourth-order valence-electron chi connectivity index (χ4n) is 5.98. The average molecular weight is 355 g/mol. The topological polar surface area (TPSA) is 47.6 Å². The van der Waals surface area contributed by atoms with Gasteiger partial charge in [-0.1, -0.05) is 0 Å². The van der Waals surface area contributed by atoms with Crippen molar-refractivity contribution in [3.8, 4) is 11.5 Å². The highest BCUT2D eigenvalue weighted by Gasteiger charge is 2.50. The summed E-state index contributed by atoms with van der Waals surface area (Å²) in [5.41, 5.74) is 1.21. The van der Waals surface area contributed by atoms with Crippen LogP contribution in [-0.2, 0) is 4.79 Å². The summed E-state index contributed by atoms with van der Waals surface area (Å²) in [6, 6.07) is 5.58. The molecule has 140 valence electrons. The zero-order valence-corrected chi connectivity index (χ0v) is 15.8. The largest absolute Gasteiger partial charge is 0.497 e. The van der Waals surface area contributed by atoms with Crippen LogP contribution in [0, 0.1) is 23.2 Å². The maximum atomic E-state index is 12.4. The van der Waals surface area contributed by atoms with E-state index in [1.54, 1.807) is 26.4 Å². The second-order valence-electron chi connectivity index (χ2n) is 8.58. The van der Waals surface area contributed by atoms with Crippen molar-refractivity contribution < 1.29 is 14.3 Å². The molecule has 4 saturated carbocycles. The van der Waals surface area contributed by atoms with E-state index < -0.39 is 0 Å².